The first-order valence-corrected chi connectivity index (χ1v) is 11.0. The Morgan fingerprint density at radius 3 is 2.71 bits per heavy atom. The second-order valence-corrected chi connectivity index (χ2v) is 9.38. The molecule has 7 heteroatoms. The number of piperidine rings is 2. The summed E-state index contributed by atoms with van der Waals surface area (Å²) in [6.07, 6.45) is 5.50. The van der Waals surface area contributed by atoms with Crippen molar-refractivity contribution in [3.8, 4) is 0 Å². The molecule has 3 rings (SSSR count). The molecule has 28 heavy (non-hydrogen) atoms. The number of nitrogens with zero attached hydrogens (tertiary/aromatic N) is 3. The Balaban J connectivity index is 1.64. The van der Waals surface area contributed by atoms with Gasteiger partial charge < -0.3 is 20.3 Å². The molecule has 1 unspecified atom stereocenters. The first-order chi connectivity index (χ1) is 13.4. The van der Waals surface area contributed by atoms with Crippen LogP contribution in [0.3, 0.4) is 0 Å². The summed E-state index contributed by atoms with van der Waals surface area (Å²) in [5, 5.41) is 6.53. The highest BCUT2D eigenvalue weighted by Crippen LogP contribution is 2.36. The topological polar surface area (TPSA) is 69.2 Å². The Kier molecular flexibility index (Phi) is 6.86. The number of ether oxygens (including phenoxy) is 1. The fraction of sp³-hybridized carbons (Fsp3) is 0.905. The van der Waals surface area contributed by atoms with E-state index >= 15 is 0 Å². The van der Waals surface area contributed by atoms with E-state index in [0.29, 0.717) is 12.5 Å². The van der Waals surface area contributed by atoms with Crippen molar-refractivity contribution in [2.75, 3.05) is 52.9 Å². The number of amides is 1. The van der Waals surface area contributed by atoms with Gasteiger partial charge in [-0.1, -0.05) is 0 Å². The third-order valence-electron chi connectivity index (χ3n) is 6.74. The molecule has 0 radical (unpaired) electrons. The number of methoxy groups -OCH3 is 1. The number of nitrogens with one attached hydrogen (secondary N) is 2. The van der Waals surface area contributed by atoms with Crippen LogP contribution < -0.4 is 10.6 Å². The normalized spacial score (nSPS) is 28.1. The van der Waals surface area contributed by atoms with Crippen molar-refractivity contribution >= 4 is 11.9 Å². The van der Waals surface area contributed by atoms with Gasteiger partial charge in [-0.15, -0.1) is 0 Å². The Labute approximate surface area is 170 Å². The van der Waals surface area contributed by atoms with Crippen LogP contribution in [0.4, 0.5) is 0 Å². The average molecular weight is 394 g/mol. The smallest absolute Gasteiger partial charge is 0.220 e. The molecule has 0 aromatic carbocycles. The molecule has 160 valence electrons. The lowest BCUT2D eigenvalue weighted by Crippen LogP contribution is -2.53. The summed E-state index contributed by atoms with van der Waals surface area (Å²) < 4.78 is 5.52. The fourth-order valence-corrected chi connectivity index (χ4v) is 4.92. The SMILES string of the molecule is CCNC(=NCC(C)(C)N1CCC(OC)CC1)N1CCCC2(CNC(=O)C2)C1. The van der Waals surface area contributed by atoms with E-state index in [-0.39, 0.29) is 16.9 Å². The first kappa shape index (κ1) is 21.4. The Hall–Kier alpha value is -1.34. The van der Waals surface area contributed by atoms with E-state index in [0.717, 1.165) is 77.5 Å². The molecule has 1 amide bonds. The third-order valence-corrected chi connectivity index (χ3v) is 6.74. The monoisotopic (exact) mass is 393 g/mol. The van der Waals surface area contributed by atoms with Gasteiger partial charge >= 0.3 is 0 Å². The molecule has 3 fully saturated rings. The molecule has 3 heterocycles. The Bertz CT molecular complexity index is 571. The molecule has 0 aliphatic carbocycles. The van der Waals surface area contributed by atoms with Gasteiger partial charge in [-0.05, 0) is 46.5 Å². The predicted molar refractivity (Wildman–Crippen MR) is 113 cm³/mol. The molecule has 0 aromatic heterocycles. The highest BCUT2D eigenvalue weighted by atomic mass is 16.5. The summed E-state index contributed by atoms with van der Waals surface area (Å²) in [5.74, 6) is 1.20. The minimum atomic E-state index is 0.0255. The lowest BCUT2D eigenvalue weighted by Gasteiger charge is -2.43. The van der Waals surface area contributed by atoms with E-state index in [1.54, 1.807) is 0 Å². The van der Waals surface area contributed by atoms with Crippen LogP contribution >= 0.6 is 0 Å². The molecule has 2 N–H and O–H groups in total. The van der Waals surface area contributed by atoms with Crippen molar-refractivity contribution in [2.24, 2.45) is 10.4 Å². The Morgan fingerprint density at radius 1 is 1.36 bits per heavy atom. The minimum Gasteiger partial charge on any atom is -0.381 e. The molecule has 3 saturated heterocycles. The largest absolute Gasteiger partial charge is 0.381 e. The zero-order valence-corrected chi connectivity index (χ0v) is 18.2. The van der Waals surface area contributed by atoms with Gasteiger partial charge in [0, 0.05) is 63.8 Å². The number of hydrogen-bond acceptors (Lipinski definition) is 4. The molecular formula is C21H39N5O2. The van der Waals surface area contributed by atoms with Crippen LogP contribution in [0.15, 0.2) is 4.99 Å². The van der Waals surface area contributed by atoms with Gasteiger partial charge in [-0.3, -0.25) is 14.7 Å². The zero-order valence-electron chi connectivity index (χ0n) is 18.2. The number of likely N-dealkylation sites (tertiary alicyclic amines) is 2. The van der Waals surface area contributed by atoms with Gasteiger partial charge in [-0.2, -0.15) is 0 Å². The van der Waals surface area contributed by atoms with Gasteiger partial charge in [0.05, 0.1) is 12.6 Å². The molecular weight excluding hydrogens is 354 g/mol. The summed E-state index contributed by atoms with van der Waals surface area (Å²) in [5.41, 5.74) is 0.112. The van der Waals surface area contributed by atoms with Gasteiger partial charge in [0.1, 0.15) is 0 Å². The number of guanidine groups is 1. The molecule has 7 nitrogen and oxygen atoms in total. The summed E-state index contributed by atoms with van der Waals surface area (Å²) >= 11 is 0. The van der Waals surface area contributed by atoms with E-state index in [9.17, 15) is 4.79 Å². The van der Waals surface area contributed by atoms with E-state index in [2.05, 4.69) is 41.2 Å². The zero-order chi connectivity index (χ0) is 20.2. The van der Waals surface area contributed by atoms with Crippen LogP contribution in [-0.2, 0) is 9.53 Å². The van der Waals surface area contributed by atoms with Crippen molar-refractivity contribution in [1.29, 1.82) is 0 Å². The van der Waals surface area contributed by atoms with E-state index in [1.165, 1.54) is 0 Å². The molecule has 0 saturated carbocycles. The maximum Gasteiger partial charge on any atom is 0.220 e. The fourth-order valence-electron chi connectivity index (χ4n) is 4.92. The average Bonchev–Trinajstić information content (AvgIpc) is 3.04. The maximum absolute atomic E-state index is 11.8. The van der Waals surface area contributed by atoms with Crippen LogP contribution in [0.1, 0.15) is 52.9 Å². The quantitative estimate of drug-likeness (QED) is 0.546. The summed E-state index contributed by atoms with van der Waals surface area (Å²) in [7, 11) is 1.82. The van der Waals surface area contributed by atoms with Crippen molar-refractivity contribution in [3.63, 3.8) is 0 Å². The van der Waals surface area contributed by atoms with Crippen molar-refractivity contribution in [1.82, 2.24) is 20.4 Å². The molecule has 1 atom stereocenters. The maximum atomic E-state index is 11.8. The first-order valence-electron chi connectivity index (χ1n) is 11.0. The molecule has 1 spiro atoms. The number of carbonyl (C=O) groups is 1. The Morgan fingerprint density at radius 2 is 2.11 bits per heavy atom. The third kappa shape index (κ3) is 4.98. The van der Waals surface area contributed by atoms with E-state index in [1.807, 2.05) is 7.11 Å². The van der Waals surface area contributed by atoms with E-state index < -0.39 is 0 Å². The van der Waals surface area contributed by atoms with Crippen molar-refractivity contribution < 1.29 is 9.53 Å². The van der Waals surface area contributed by atoms with Crippen molar-refractivity contribution in [2.45, 2.75) is 64.5 Å². The van der Waals surface area contributed by atoms with Gasteiger partial charge in [0.25, 0.3) is 0 Å². The van der Waals surface area contributed by atoms with Crippen LogP contribution in [0, 0.1) is 5.41 Å². The lowest BCUT2D eigenvalue weighted by atomic mass is 9.79. The summed E-state index contributed by atoms with van der Waals surface area (Å²) in [4.78, 5) is 21.8. The van der Waals surface area contributed by atoms with Crippen LogP contribution in [0.5, 0.6) is 0 Å². The number of aliphatic imine (C=N–C) groups is 1. The standard InChI is InChI=1S/C21H39N5O2/c1-5-22-19(25-10-6-9-21(16-25)13-18(27)23-15-21)24-14-20(2,3)26-11-7-17(28-4)8-12-26/h17H,5-16H2,1-4H3,(H,22,24)(H,23,27). The second kappa shape index (κ2) is 8.99. The number of rotatable bonds is 5. The van der Waals surface area contributed by atoms with Gasteiger partial charge in [0.15, 0.2) is 5.96 Å². The predicted octanol–water partition coefficient (Wildman–Crippen LogP) is 1.44. The summed E-state index contributed by atoms with van der Waals surface area (Å²) in [6, 6.07) is 0. The lowest BCUT2D eigenvalue weighted by molar-refractivity contribution is -0.119. The molecule has 0 aromatic rings. The van der Waals surface area contributed by atoms with Gasteiger partial charge in [0.2, 0.25) is 5.91 Å². The minimum absolute atomic E-state index is 0.0255. The molecule has 0 bridgehead atoms. The highest BCUT2D eigenvalue weighted by molar-refractivity contribution is 5.81. The summed E-state index contributed by atoms with van der Waals surface area (Å²) in [6.45, 7) is 13.2. The van der Waals surface area contributed by atoms with Gasteiger partial charge in [-0.25, -0.2) is 0 Å². The van der Waals surface area contributed by atoms with Crippen LogP contribution in [-0.4, -0.2) is 86.2 Å². The van der Waals surface area contributed by atoms with Crippen molar-refractivity contribution in [3.05, 3.63) is 0 Å². The van der Waals surface area contributed by atoms with Crippen LogP contribution in [0.25, 0.3) is 0 Å². The molecule has 3 aliphatic heterocycles. The second-order valence-electron chi connectivity index (χ2n) is 9.38. The molecule has 3 aliphatic rings. The van der Waals surface area contributed by atoms with E-state index in [4.69, 9.17) is 9.73 Å². The number of hydrogen-bond donors (Lipinski definition) is 2. The van der Waals surface area contributed by atoms with Crippen LogP contribution in [0.2, 0.25) is 0 Å². The highest BCUT2D eigenvalue weighted by Gasteiger charge is 2.42. The number of carbonyl (C=O) groups excluding carboxylic acids is 1.